The molecule has 4 aromatic rings. The highest BCUT2D eigenvalue weighted by Gasteiger charge is 2.33. The summed E-state index contributed by atoms with van der Waals surface area (Å²) in [5, 5.41) is 0. The molecule has 4 aromatic carbocycles. The molecule has 0 radical (unpaired) electrons. The molecule has 0 fully saturated rings. The molecule has 0 aromatic heterocycles. The molecule has 6 rings (SSSR count). The van der Waals surface area contributed by atoms with E-state index in [1.54, 1.807) is 52.7 Å². The molecule has 11 heteroatoms. The van der Waals surface area contributed by atoms with Crippen LogP contribution >= 0.6 is 31.3 Å². The van der Waals surface area contributed by atoms with Gasteiger partial charge in [0.2, 0.25) is 0 Å². The van der Waals surface area contributed by atoms with Gasteiger partial charge in [-0.2, -0.15) is 0 Å². The summed E-state index contributed by atoms with van der Waals surface area (Å²) in [4.78, 5) is 14.5. The topological polar surface area (TPSA) is 92.7 Å². The van der Waals surface area contributed by atoms with Gasteiger partial charge in [-0.1, -0.05) is 47.8 Å². The standard InChI is InChI=1S/C32H27O8PS2/c1-35-21-13-11-19-15-27(23-7-5-9-25(37-3)31(23)42-29(19)17-21)39-41(33,34)40-28-16-20-12-14-22(36-2)18-30(20)43-32-24(28)8-6-10-26(32)38-4/h5-18H,1-4H3,(H,33,34). The molecule has 0 saturated heterocycles. The maximum Gasteiger partial charge on any atom is 0.584 e. The molecular weight excluding hydrogens is 607 g/mol. The first-order chi connectivity index (χ1) is 20.8. The van der Waals surface area contributed by atoms with Gasteiger partial charge < -0.3 is 28.0 Å². The molecule has 2 aliphatic rings. The van der Waals surface area contributed by atoms with E-state index in [9.17, 15) is 9.46 Å². The third-order valence-electron chi connectivity index (χ3n) is 6.79. The molecule has 8 nitrogen and oxygen atoms in total. The van der Waals surface area contributed by atoms with Crippen molar-refractivity contribution in [3.8, 4) is 23.0 Å². The molecule has 0 saturated carbocycles. The average molecular weight is 635 g/mol. The van der Waals surface area contributed by atoms with Crippen LogP contribution in [0.25, 0.3) is 23.7 Å². The van der Waals surface area contributed by atoms with Crippen LogP contribution in [0.4, 0.5) is 0 Å². The molecule has 43 heavy (non-hydrogen) atoms. The highest BCUT2D eigenvalue weighted by Crippen LogP contribution is 2.57. The zero-order chi connectivity index (χ0) is 30.1. The van der Waals surface area contributed by atoms with E-state index in [2.05, 4.69) is 0 Å². The van der Waals surface area contributed by atoms with Crippen molar-refractivity contribution < 1.29 is 37.5 Å². The summed E-state index contributed by atoms with van der Waals surface area (Å²) in [7, 11) is 1.59. The lowest BCUT2D eigenvalue weighted by Crippen LogP contribution is -1.99. The van der Waals surface area contributed by atoms with Gasteiger partial charge in [-0.25, -0.2) is 4.57 Å². The molecule has 0 unspecified atom stereocenters. The van der Waals surface area contributed by atoms with Crippen molar-refractivity contribution in [1.29, 1.82) is 0 Å². The zero-order valence-electron chi connectivity index (χ0n) is 23.7. The monoisotopic (exact) mass is 634 g/mol. The SMILES string of the molecule is COc1ccc2c(c1)Sc1c(OC)cccc1C(OP(=O)(O)OC1=Cc3ccc(OC)cc3Sc3c(OC)cccc31)=C2. The first-order valence-corrected chi connectivity index (χ1v) is 16.2. The minimum absolute atomic E-state index is 0.163. The molecule has 0 amide bonds. The molecule has 220 valence electrons. The van der Waals surface area contributed by atoms with Crippen LogP contribution < -0.4 is 18.9 Å². The highest BCUT2D eigenvalue weighted by molar-refractivity contribution is 8.00. The third kappa shape index (κ3) is 5.84. The van der Waals surface area contributed by atoms with E-state index in [1.807, 2.05) is 60.7 Å². The first kappa shape index (κ1) is 29.1. The van der Waals surface area contributed by atoms with Gasteiger partial charge in [0, 0.05) is 20.9 Å². The quantitative estimate of drug-likeness (QED) is 0.190. The van der Waals surface area contributed by atoms with Crippen LogP contribution in [0.1, 0.15) is 22.3 Å². The zero-order valence-corrected chi connectivity index (χ0v) is 26.2. The molecule has 0 atom stereocenters. The number of phosphoric ester groups is 1. The van der Waals surface area contributed by atoms with Crippen molar-refractivity contribution in [2.45, 2.75) is 19.6 Å². The Labute approximate surface area is 257 Å². The summed E-state index contributed by atoms with van der Waals surface area (Å²) >= 11 is 2.91. The predicted octanol–water partition coefficient (Wildman–Crippen LogP) is 8.48. The summed E-state index contributed by atoms with van der Waals surface area (Å²) < 4.78 is 47.7. The van der Waals surface area contributed by atoms with Gasteiger partial charge >= 0.3 is 7.82 Å². The number of phosphoric acid groups is 1. The second-order valence-corrected chi connectivity index (χ2v) is 12.8. The summed E-state index contributed by atoms with van der Waals surface area (Å²) in [6.07, 6.45) is 3.43. The number of methoxy groups -OCH3 is 4. The molecule has 0 bridgehead atoms. The third-order valence-corrected chi connectivity index (χ3v) is 10.0. The van der Waals surface area contributed by atoms with Gasteiger partial charge in [0.15, 0.2) is 0 Å². The van der Waals surface area contributed by atoms with E-state index in [1.165, 1.54) is 23.5 Å². The van der Waals surface area contributed by atoms with E-state index in [4.69, 9.17) is 28.0 Å². The van der Waals surface area contributed by atoms with Crippen molar-refractivity contribution >= 4 is 55.0 Å². The van der Waals surface area contributed by atoms with Crippen molar-refractivity contribution in [2.75, 3.05) is 28.4 Å². The van der Waals surface area contributed by atoms with Gasteiger partial charge in [-0.15, -0.1) is 0 Å². The summed E-state index contributed by atoms with van der Waals surface area (Å²) in [6, 6.07) is 22.0. The van der Waals surface area contributed by atoms with Gasteiger partial charge in [-0.05, 0) is 71.8 Å². The maximum atomic E-state index is 13.8. The fourth-order valence-corrected chi connectivity index (χ4v) is 7.90. The molecule has 2 aliphatic heterocycles. The van der Waals surface area contributed by atoms with Crippen LogP contribution in [0.3, 0.4) is 0 Å². The lowest BCUT2D eigenvalue weighted by Gasteiger charge is -2.20. The van der Waals surface area contributed by atoms with Crippen LogP contribution in [0.5, 0.6) is 23.0 Å². The maximum absolute atomic E-state index is 13.8. The largest absolute Gasteiger partial charge is 0.584 e. The predicted molar refractivity (Wildman–Crippen MR) is 168 cm³/mol. The van der Waals surface area contributed by atoms with Gasteiger partial charge in [0.1, 0.15) is 34.5 Å². The van der Waals surface area contributed by atoms with Crippen LogP contribution in [-0.4, -0.2) is 33.3 Å². The van der Waals surface area contributed by atoms with E-state index >= 15 is 0 Å². The molecule has 0 aliphatic carbocycles. The van der Waals surface area contributed by atoms with E-state index in [-0.39, 0.29) is 11.5 Å². The van der Waals surface area contributed by atoms with Gasteiger partial charge in [0.05, 0.1) is 38.2 Å². The molecule has 1 N–H and O–H groups in total. The fourth-order valence-electron chi connectivity index (χ4n) is 4.73. The fraction of sp³-hybridized carbons (Fsp3) is 0.125. The van der Waals surface area contributed by atoms with Crippen molar-refractivity contribution in [3.63, 3.8) is 0 Å². The first-order valence-electron chi connectivity index (χ1n) is 13.0. The van der Waals surface area contributed by atoms with Gasteiger partial charge in [-0.3, -0.25) is 4.89 Å². The lowest BCUT2D eigenvalue weighted by molar-refractivity contribution is 0.264. The molecule has 2 heterocycles. The number of hydrogen-bond acceptors (Lipinski definition) is 9. The van der Waals surface area contributed by atoms with E-state index in [0.29, 0.717) is 34.1 Å². The summed E-state index contributed by atoms with van der Waals surface area (Å²) in [5.74, 6) is 2.88. The van der Waals surface area contributed by atoms with Crippen LogP contribution in [0.2, 0.25) is 0 Å². The van der Waals surface area contributed by atoms with Crippen molar-refractivity contribution in [1.82, 2.24) is 0 Å². The second kappa shape index (κ2) is 12.0. The average Bonchev–Trinajstić information content (AvgIpc) is 3.26. The number of hydrogen-bond donors (Lipinski definition) is 1. The minimum atomic E-state index is -4.77. The lowest BCUT2D eigenvalue weighted by atomic mass is 10.1. The second-order valence-electron chi connectivity index (χ2n) is 9.35. The molecular formula is C32H27O8PS2. The minimum Gasteiger partial charge on any atom is -0.497 e. The summed E-state index contributed by atoms with van der Waals surface area (Å²) in [5.41, 5.74) is 2.73. The van der Waals surface area contributed by atoms with Gasteiger partial charge in [0.25, 0.3) is 0 Å². The Kier molecular flexibility index (Phi) is 8.11. The summed E-state index contributed by atoms with van der Waals surface area (Å²) in [6.45, 7) is 0. The Hall–Kier alpha value is -3.95. The van der Waals surface area contributed by atoms with Crippen LogP contribution in [0.15, 0.2) is 92.4 Å². The van der Waals surface area contributed by atoms with Crippen LogP contribution in [0, 0.1) is 0 Å². The normalized spacial score (nSPS) is 13.4. The number of benzene rings is 4. The highest BCUT2D eigenvalue weighted by atomic mass is 32.2. The number of rotatable bonds is 8. The Morgan fingerprint density at radius 1 is 0.605 bits per heavy atom. The van der Waals surface area contributed by atoms with Crippen LogP contribution in [-0.2, 0) is 13.6 Å². The Bertz CT molecular complexity index is 1710. The Morgan fingerprint density at radius 2 is 1.05 bits per heavy atom. The number of fused-ring (bicyclic) bond motifs is 4. The Balaban J connectivity index is 1.43. The number of ether oxygens (including phenoxy) is 4. The van der Waals surface area contributed by atoms with E-state index in [0.717, 1.165) is 30.7 Å². The Morgan fingerprint density at radius 3 is 1.44 bits per heavy atom. The van der Waals surface area contributed by atoms with Crippen molar-refractivity contribution in [3.05, 3.63) is 95.1 Å². The smallest absolute Gasteiger partial charge is 0.497 e. The molecule has 0 spiro atoms. The van der Waals surface area contributed by atoms with Crippen molar-refractivity contribution in [2.24, 2.45) is 0 Å². The van der Waals surface area contributed by atoms with E-state index < -0.39 is 7.82 Å².